The van der Waals surface area contributed by atoms with Gasteiger partial charge >= 0.3 is 0 Å². The first-order chi connectivity index (χ1) is 14.0. The number of thioether (sulfide) groups is 1. The van der Waals surface area contributed by atoms with E-state index >= 15 is 0 Å². The summed E-state index contributed by atoms with van der Waals surface area (Å²) in [6.45, 7) is 1.76. The molecule has 4 rings (SSSR count). The molecule has 4 aromatic rings. The van der Waals surface area contributed by atoms with Gasteiger partial charge in [-0.2, -0.15) is 4.68 Å². The molecule has 0 fully saturated rings. The van der Waals surface area contributed by atoms with Crippen LogP contribution in [0.15, 0.2) is 64.2 Å². The van der Waals surface area contributed by atoms with Crippen molar-refractivity contribution in [1.82, 2.24) is 20.2 Å². The number of furan rings is 1. The molecule has 2 aromatic heterocycles. The quantitative estimate of drug-likeness (QED) is 0.459. The maximum Gasteiger partial charge on any atom is 0.259 e. The summed E-state index contributed by atoms with van der Waals surface area (Å²) in [7, 11) is 0. The number of halogens is 1. The van der Waals surface area contributed by atoms with Gasteiger partial charge in [-0.25, -0.2) is 0 Å². The minimum Gasteiger partial charge on any atom is -0.461 e. The molecule has 0 atom stereocenters. The van der Waals surface area contributed by atoms with Gasteiger partial charge in [0.05, 0.1) is 11.3 Å². The highest BCUT2D eigenvalue weighted by Gasteiger charge is 2.16. The lowest BCUT2D eigenvalue weighted by Gasteiger charge is -2.06. The van der Waals surface area contributed by atoms with E-state index in [2.05, 4.69) is 20.8 Å². The smallest absolute Gasteiger partial charge is 0.259 e. The molecule has 0 aliphatic rings. The van der Waals surface area contributed by atoms with Crippen molar-refractivity contribution in [2.24, 2.45) is 0 Å². The fourth-order valence-corrected chi connectivity index (χ4v) is 3.38. The van der Waals surface area contributed by atoms with Crippen molar-refractivity contribution >= 4 is 35.0 Å². The van der Waals surface area contributed by atoms with Crippen molar-refractivity contribution in [3.63, 3.8) is 0 Å². The van der Waals surface area contributed by atoms with Crippen LogP contribution in [-0.4, -0.2) is 32.4 Å². The van der Waals surface area contributed by atoms with Gasteiger partial charge in [-0.05, 0) is 78.2 Å². The first-order valence-corrected chi connectivity index (χ1v) is 10.3. The van der Waals surface area contributed by atoms with E-state index in [1.54, 1.807) is 41.9 Å². The number of carbonyl (C=O) groups is 1. The SMILES string of the molecule is CSc1nnnn1-c1ccc(NC(=O)c2cc(-c3ccc(Cl)cc3)oc2C)cc1. The zero-order chi connectivity index (χ0) is 20.4. The van der Waals surface area contributed by atoms with Crippen LogP contribution in [0.3, 0.4) is 0 Å². The number of hydrogen-bond acceptors (Lipinski definition) is 6. The number of anilines is 1. The first-order valence-electron chi connectivity index (χ1n) is 8.65. The second kappa shape index (κ2) is 8.10. The van der Waals surface area contributed by atoms with Crippen molar-refractivity contribution in [2.45, 2.75) is 12.1 Å². The Hall–Kier alpha value is -3.10. The van der Waals surface area contributed by atoms with Crippen LogP contribution in [0.25, 0.3) is 17.0 Å². The fraction of sp³-hybridized carbons (Fsp3) is 0.100. The van der Waals surface area contributed by atoms with E-state index in [9.17, 15) is 4.79 Å². The standard InChI is InChI=1S/C20H16ClN5O2S/c1-12-17(11-18(28-12)13-3-5-14(21)6-4-13)19(27)22-15-7-9-16(10-8-15)26-20(29-2)23-24-25-26/h3-11H,1-2H3,(H,22,27). The van der Waals surface area contributed by atoms with Crippen LogP contribution in [0.2, 0.25) is 5.02 Å². The summed E-state index contributed by atoms with van der Waals surface area (Å²) in [5.41, 5.74) is 2.80. The van der Waals surface area contributed by atoms with E-state index in [4.69, 9.17) is 16.0 Å². The van der Waals surface area contributed by atoms with E-state index in [-0.39, 0.29) is 5.91 Å². The van der Waals surface area contributed by atoms with Gasteiger partial charge < -0.3 is 9.73 Å². The monoisotopic (exact) mass is 425 g/mol. The van der Waals surface area contributed by atoms with E-state index in [1.807, 2.05) is 30.5 Å². The molecule has 0 saturated heterocycles. The third-order valence-corrected chi connectivity index (χ3v) is 5.16. The summed E-state index contributed by atoms with van der Waals surface area (Å²) in [6, 6.07) is 16.3. The molecule has 7 nitrogen and oxygen atoms in total. The average molecular weight is 426 g/mol. The number of hydrogen-bond donors (Lipinski definition) is 1. The van der Waals surface area contributed by atoms with Gasteiger partial charge in [-0.1, -0.05) is 23.4 Å². The molecular weight excluding hydrogens is 410 g/mol. The van der Waals surface area contributed by atoms with E-state index in [0.717, 1.165) is 11.3 Å². The zero-order valence-corrected chi connectivity index (χ0v) is 17.2. The predicted octanol–water partition coefficient (Wildman–Crippen LogP) is 4.86. The van der Waals surface area contributed by atoms with Crippen molar-refractivity contribution < 1.29 is 9.21 Å². The Balaban J connectivity index is 1.52. The third kappa shape index (κ3) is 4.03. The Bertz CT molecular complexity index is 1150. The van der Waals surface area contributed by atoms with E-state index in [1.165, 1.54) is 11.8 Å². The lowest BCUT2D eigenvalue weighted by Crippen LogP contribution is -2.12. The minimum atomic E-state index is -0.244. The van der Waals surface area contributed by atoms with Gasteiger partial charge in [0.15, 0.2) is 0 Å². The van der Waals surface area contributed by atoms with Crippen LogP contribution in [0.4, 0.5) is 5.69 Å². The summed E-state index contributed by atoms with van der Waals surface area (Å²) in [4.78, 5) is 12.7. The van der Waals surface area contributed by atoms with Crippen LogP contribution in [0, 0.1) is 6.92 Å². The Kier molecular flexibility index (Phi) is 5.37. The maximum atomic E-state index is 12.7. The minimum absolute atomic E-state index is 0.244. The van der Waals surface area contributed by atoms with Crippen LogP contribution >= 0.6 is 23.4 Å². The highest BCUT2D eigenvalue weighted by molar-refractivity contribution is 7.98. The number of amides is 1. The molecule has 1 N–H and O–H groups in total. The van der Waals surface area contributed by atoms with Crippen molar-refractivity contribution in [3.05, 3.63) is 70.9 Å². The lowest BCUT2D eigenvalue weighted by molar-refractivity contribution is 0.102. The highest BCUT2D eigenvalue weighted by atomic mass is 35.5. The van der Waals surface area contributed by atoms with Crippen LogP contribution in [0.5, 0.6) is 0 Å². The number of aryl methyl sites for hydroxylation is 1. The summed E-state index contributed by atoms with van der Waals surface area (Å²) >= 11 is 7.38. The highest BCUT2D eigenvalue weighted by Crippen LogP contribution is 2.27. The molecule has 2 aromatic carbocycles. The Morgan fingerprint density at radius 3 is 2.55 bits per heavy atom. The molecule has 146 valence electrons. The molecule has 1 amide bonds. The van der Waals surface area contributed by atoms with E-state index in [0.29, 0.717) is 33.0 Å². The number of benzene rings is 2. The molecule has 0 radical (unpaired) electrons. The molecule has 0 aliphatic heterocycles. The second-order valence-electron chi connectivity index (χ2n) is 6.17. The third-order valence-electron chi connectivity index (χ3n) is 4.28. The summed E-state index contributed by atoms with van der Waals surface area (Å²) in [5, 5.41) is 15.8. The van der Waals surface area contributed by atoms with Gasteiger partial charge in [-0.3, -0.25) is 4.79 Å². The molecule has 0 bridgehead atoms. The topological polar surface area (TPSA) is 85.8 Å². The Labute approximate surface area is 176 Å². The van der Waals surface area contributed by atoms with E-state index < -0.39 is 0 Å². The Morgan fingerprint density at radius 2 is 1.86 bits per heavy atom. The molecule has 0 aliphatic carbocycles. The molecular formula is C20H16ClN5O2S. The average Bonchev–Trinajstić information content (AvgIpc) is 3.35. The summed E-state index contributed by atoms with van der Waals surface area (Å²) in [5.74, 6) is 0.914. The van der Waals surface area contributed by atoms with Crippen LogP contribution < -0.4 is 5.32 Å². The molecule has 9 heteroatoms. The zero-order valence-electron chi connectivity index (χ0n) is 15.6. The molecule has 0 spiro atoms. The van der Waals surface area contributed by atoms with Crippen molar-refractivity contribution in [2.75, 3.05) is 11.6 Å². The van der Waals surface area contributed by atoms with Gasteiger partial charge in [-0.15, -0.1) is 5.10 Å². The fourth-order valence-electron chi connectivity index (χ4n) is 2.82. The summed E-state index contributed by atoms with van der Waals surface area (Å²) in [6.07, 6.45) is 1.91. The largest absolute Gasteiger partial charge is 0.461 e. The van der Waals surface area contributed by atoms with Crippen LogP contribution in [-0.2, 0) is 0 Å². The molecule has 0 unspecified atom stereocenters. The van der Waals surface area contributed by atoms with Gasteiger partial charge in [0, 0.05) is 16.3 Å². The lowest BCUT2D eigenvalue weighted by atomic mass is 10.1. The van der Waals surface area contributed by atoms with Gasteiger partial charge in [0.1, 0.15) is 11.5 Å². The number of nitrogens with zero attached hydrogens (tertiary/aromatic N) is 4. The second-order valence-corrected chi connectivity index (χ2v) is 7.38. The number of carbonyl (C=O) groups excluding carboxylic acids is 1. The molecule has 2 heterocycles. The normalized spacial score (nSPS) is 10.9. The first kappa shape index (κ1) is 19.2. The van der Waals surface area contributed by atoms with Crippen LogP contribution in [0.1, 0.15) is 16.1 Å². The molecule has 29 heavy (non-hydrogen) atoms. The van der Waals surface area contributed by atoms with Crippen molar-refractivity contribution in [1.29, 1.82) is 0 Å². The number of rotatable bonds is 5. The maximum absolute atomic E-state index is 12.7. The summed E-state index contributed by atoms with van der Waals surface area (Å²) < 4.78 is 7.40. The molecule has 0 saturated carbocycles. The van der Waals surface area contributed by atoms with Gasteiger partial charge in [0.25, 0.3) is 5.91 Å². The number of aromatic nitrogens is 4. The number of tetrazole rings is 1. The Morgan fingerprint density at radius 1 is 1.14 bits per heavy atom. The predicted molar refractivity (Wildman–Crippen MR) is 113 cm³/mol. The van der Waals surface area contributed by atoms with Crippen molar-refractivity contribution in [3.8, 4) is 17.0 Å². The number of nitrogens with one attached hydrogen (secondary N) is 1. The van der Waals surface area contributed by atoms with Gasteiger partial charge in [0.2, 0.25) is 5.16 Å².